The van der Waals surface area contributed by atoms with Crippen LogP contribution in [-0.2, 0) is 0 Å². The Morgan fingerprint density at radius 1 is 1.82 bits per heavy atom. The van der Waals surface area contributed by atoms with Crippen molar-refractivity contribution in [2.45, 2.75) is 0 Å². The van der Waals surface area contributed by atoms with Crippen molar-refractivity contribution in [3.63, 3.8) is 0 Å². The Morgan fingerprint density at radius 3 is 3.00 bits per heavy atom. The van der Waals surface area contributed by atoms with Crippen molar-refractivity contribution in [3.05, 3.63) is 26.7 Å². The van der Waals surface area contributed by atoms with Crippen LogP contribution in [-0.4, -0.2) is 15.9 Å². The zero-order chi connectivity index (χ0) is 8.27. The van der Waals surface area contributed by atoms with E-state index in [2.05, 4.69) is 4.98 Å². The van der Waals surface area contributed by atoms with Crippen LogP contribution in [0.1, 0.15) is 9.80 Å². The molecule has 0 atom stereocenters. The normalized spacial score (nSPS) is 9.09. The Hall–Kier alpha value is -1.50. The van der Waals surface area contributed by atoms with Gasteiger partial charge in [0.1, 0.15) is 0 Å². The summed E-state index contributed by atoms with van der Waals surface area (Å²) in [5.74, 6) is -0.787. The van der Waals surface area contributed by atoms with Crippen LogP contribution < -0.4 is 5.43 Å². The van der Waals surface area contributed by atoms with E-state index < -0.39 is 10.9 Å². The zero-order valence-electron chi connectivity index (χ0n) is 5.18. The molecule has 0 spiro atoms. The summed E-state index contributed by atoms with van der Waals surface area (Å²) in [6.45, 7) is 0. The lowest BCUT2D eigenvalue weighted by Gasteiger charge is -1.89. The van der Waals surface area contributed by atoms with E-state index in [1.54, 1.807) is 5.38 Å². The molecule has 0 unspecified atom stereocenters. The number of rotatable bonds is 2. The second-order valence-electron chi connectivity index (χ2n) is 1.54. The molecule has 58 valence electrons. The molecule has 1 heterocycles. The molecule has 1 N–H and O–H groups in total. The maximum atomic E-state index is 10.7. The Kier molecular flexibility index (Phi) is 2.12. The molecule has 6 nitrogen and oxygen atoms in total. The average Bonchev–Trinajstić information content (AvgIpc) is 2.35. The van der Waals surface area contributed by atoms with Gasteiger partial charge in [0.2, 0.25) is 0 Å². The van der Waals surface area contributed by atoms with Crippen LogP contribution >= 0.6 is 11.3 Å². The summed E-state index contributed by atoms with van der Waals surface area (Å²) in [5.41, 5.74) is 1.48. The summed E-state index contributed by atoms with van der Waals surface area (Å²) >= 11 is 1.05. The van der Waals surface area contributed by atoms with Crippen molar-refractivity contribution in [2.75, 3.05) is 0 Å². The number of carbonyl (C=O) groups excluding carboxylic acids is 1. The third-order valence-corrected chi connectivity index (χ3v) is 1.59. The van der Waals surface area contributed by atoms with Crippen molar-refractivity contribution in [3.8, 4) is 0 Å². The van der Waals surface area contributed by atoms with Gasteiger partial charge in [0.25, 0.3) is 0 Å². The van der Waals surface area contributed by atoms with Crippen LogP contribution in [0.25, 0.3) is 0 Å². The number of aromatic nitrogens is 1. The maximum absolute atomic E-state index is 10.7. The summed E-state index contributed by atoms with van der Waals surface area (Å²) in [7, 11) is 0. The van der Waals surface area contributed by atoms with E-state index in [1.807, 2.05) is 0 Å². The van der Waals surface area contributed by atoms with Crippen LogP contribution in [0.15, 0.2) is 11.6 Å². The number of carbonyl (C=O) groups is 1. The van der Waals surface area contributed by atoms with Crippen LogP contribution in [0.5, 0.6) is 0 Å². The number of nitrogens with one attached hydrogen (secondary N) is 1. The predicted octanol–water partition coefficient (Wildman–Crippen LogP) is 0.0646. The van der Waals surface area contributed by atoms with Gasteiger partial charge in [-0.1, -0.05) is 5.43 Å². The summed E-state index contributed by atoms with van der Waals surface area (Å²) in [6, 6.07) is 0. The molecule has 1 rings (SSSR count). The number of hydrazine groups is 1. The lowest BCUT2D eigenvalue weighted by molar-refractivity contribution is -0.527. The molecule has 0 saturated heterocycles. The van der Waals surface area contributed by atoms with E-state index in [9.17, 15) is 14.9 Å². The van der Waals surface area contributed by atoms with Crippen molar-refractivity contribution >= 4 is 17.2 Å². The Labute approximate surface area is 65.0 Å². The first kappa shape index (κ1) is 7.61. The number of amides is 1. The monoisotopic (exact) mass is 173 g/mol. The molecule has 7 heteroatoms. The van der Waals surface area contributed by atoms with Gasteiger partial charge in [0.15, 0.2) is 10.0 Å². The first-order valence-corrected chi connectivity index (χ1v) is 3.43. The van der Waals surface area contributed by atoms with Crippen molar-refractivity contribution < 1.29 is 9.83 Å². The minimum atomic E-state index is -0.913. The number of hydrogen-bond donors (Lipinski definition) is 1. The fraction of sp³-hybridized carbons (Fsp3) is 0. The molecule has 0 fully saturated rings. The highest BCUT2D eigenvalue weighted by molar-refractivity contribution is 7.11. The van der Waals surface area contributed by atoms with E-state index in [0.29, 0.717) is 0 Å². The molecule has 0 radical (unpaired) electrons. The molecule has 11 heavy (non-hydrogen) atoms. The second kappa shape index (κ2) is 3.06. The van der Waals surface area contributed by atoms with Crippen LogP contribution in [0.3, 0.4) is 0 Å². The summed E-state index contributed by atoms with van der Waals surface area (Å²) in [5, 5.41) is 10.5. The SMILES string of the molecule is O=C(N[N+](=O)[O-])c1nccs1. The van der Waals surface area contributed by atoms with Gasteiger partial charge < -0.3 is 0 Å². The Balaban J connectivity index is 2.64. The third kappa shape index (κ3) is 1.97. The standard InChI is InChI=1S/C4H3N3O3S/c8-3(6-7(9)10)4-5-1-2-11-4/h1-2H,(H,6,8). The van der Waals surface area contributed by atoms with E-state index in [-0.39, 0.29) is 5.01 Å². The highest BCUT2D eigenvalue weighted by Gasteiger charge is 2.12. The number of hydrogen-bond acceptors (Lipinski definition) is 5. The highest BCUT2D eigenvalue weighted by Crippen LogP contribution is 2.02. The van der Waals surface area contributed by atoms with Gasteiger partial charge in [-0.3, -0.25) is 4.79 Å². The van der Waals surface area contributed by atoms with Gasteiger partial charge in [-0.2, -0.15) is 0 Å². The smallest absolute Gasteiger partial charge is 0.261 e. The van der Waals surface area contributed by atoms with E-state index in [4.69, 9.17) is 0 Å². The molecule has 1 aromatic rings. The minimum absolute atomic E-state index is 0.0849. The first-order chi connectivity index (χ1) is 5.20. The topological polar surface area (TPSA) is 85.1 Å². The summed E-state index contributed by atoms with van der Waals surface area (Å²) in [6.07, 6.45) is 1.40. The molecular weight excluding hydrogens is 170 g/mol. The molecule has 0 aromatic carbocycles. The lowest BCUT2D eigenvalue weighted by atomic mass is 10.7. The van der Waals surface area contributed by atoms with Gasteiger partial charge in [-0.25, -0.2) is 15.1 Å². The molecule has 1 aromatic heterocycles. The number of nitrogens with zero attached hydrogens (tertiary/aromatic N) is 2. The van der Waals surface area contributed by atoms with E-state index in [0.717, 1.165) is 11.3 Å². The summed E-state index contributed by atoms with van der Waals surface area (Å²) in [4.78, 5) is 24.0. The fourth-order valence-electron chi connectivity index (χ4n) is 0.466. The Bertz CT molecular complexity index is 270. The number of nitro groups is 1. The molecule has 0 aliphatic heterocycles. The zero-order valence-corrected chi connectivity index (χ0v) is 6.00. The highest BCUT2D eigenvalue weighted by atomic mass is 32.1. The van der Waals surface area contributed by atoms with E-state index >= 15 is 0 Å². The van der Waals surface area contributed by atoms with E-state index in [1.165, 1.54) is 11.6 Å². The Morgan fingerprint density at radius 2 is 2.55 bits per heavy atom. The molecule has 0 aliphatic rings. The maximum Gasteiger partial charge on any atom is 0.339 e. The molecular formula is C4H3N3O3S. The molecule has 0 saturated carbocycles. The molecule has 1 amide bonds. The number of thiazole rings is 1. The van der Waals surface area contributed by atoms with Gasteiger partial charge in [0.05, 0.1) is 0 Å². The van der Waals surface area contributed by atoms with Crippen LogP contribution in [0, 0.1) is 10.1 Å². The first-order valence-electron chi connectivity index (χ1n) is 2.55. The van der Waals surface area contributed by atoms with Crippen LogP contribution in [0.2, 0.25) is 0 Å². The van der Waals surface area contributed by atoms with Gasteiger partial charge in [0, 0.05) is 11.6 Å². The fourth-order valence-corrected chi connectivity index (χ4v) is 0.991. The quantitative estimate of drug-likeness (QED) is 0.506. The van der Waals surface area contributed by atoms with Gasteiger partial charge in [-0.15, -0.1) is 11.3 Å². The lowest BCUT2D eigenvalue weighted by Crippen LogP contribution is -2.28. The van der Waals surface area contributed by atoms with Crippen LogP contribution in [0.4, 0.5) is 0 Å². The predicted molar refractivity (Wildman–Crippen MR) is 36.6 cm³/mol. The van der Waals surface area contributed by atoms with Crippen molar-refractivity contribution in [2.24, 2.45) is 0 Å². The molecule has 0 aliphatic carbocycles. The van der Waals surface area contributed by atoms with Crippen molar-refractivity contribution in [1.29, 1.82) is 0 Å². The summed E-state index contributed by atoms with van der Waals surface area (Å²) < 4.78 is 0. The van der Waals surface area contributed by atoms with Crippen molar-refractivity contribution in [1.82, 2.24) is 10.4 Å². The largest absolute Gasteiger partial charge is 0.339 e. The molecule has 0 bridgehead atoms. The van der Waals surface area contributed by atoms with Gasteiger partial charge >= 0.3 is 5.91 Å². The third-order valence-electron chi connectivity index (χ3n) is 0.819. The van der Waals surface area contributed by atoms with Gasteiger partial charge in [-0.05, 0) is 0 Å². The average molecular weight is 173 g/mol. The minimum Gasteiger partial charge on any atom is -0.261 e. The second-order valence-corrected chi connectivity index (χ2v) is 2.43.